The molecule has 3 N–H and O–H groups in total. The Kier molecular flexibility index (Phi) is 5.09. The van der Waals surface area contributed by atoms with Crippen molar-refractivity contribution in [3.8, 4) is 21.3 Å². The number of nitrogens with zero attached hydrogens (tertiary/aromatic N) is 5. The summed E-state index contributed by atoms with van der Waals surface area (Å²) in [7, 11) is 0. The maximum absolute atomic E-state index is 5.86. The van der Waals surface area contributed by atoms with Crippen LogP contribution in [0.2, 0.25) is 0 Å². The van der Waals surface area contributed by atoms with E-state index in [0.29, 0.717) is 6.54 Å². The summed E-state index contributed by atoms with van der Waals surface area (Å²) < 4.78 is 3.10. The number of thiazole rings is 1. The average Bonchev–Trinajstić information content (AvgIpc) is 3.47. The average molecular weight is 527 g/mol. The maximum Gasteiger partial charge on any atom is 0.173 e. The van der Waals surface area contributed by atoms with E-state index in [2.05, 4.69) is 73.2 Å². The lowest BCUT2D eigenvalue weighted by Crippen LogP contribution is -1.97. The van der Waals surface area contributed by atoms with Crippen LogP contribution in [0.1, 0.15) is 22.5 Å². The lowest BCUT2D eigenvalue weighted by Gasteiger charge is -2.01. The highest BCUT2D eigenvalue weighted by Gasteiger charge is 2.21. The molecule has 0 bridgehead atoms. The number of aromatic nitrogens is 6. The van der Waals surface area contributed by atoms with Gasteiger partial charge in [-0.2, -0.15) is 5.10 Å². The highest BCUT2D eigenvalue weighted by molar-refractivity contribution is 14.1. The number of H-pyrrole nitrogens is 1. The van der Waals surface area contributed by atoms with Crippen LogP contribution < -0.4 is 5.73 Å². The first kappa shape index (κ1) is 19.3. The van der Waals surface area contributed by atoms with E-state index in [1.165, 1.54) is 9.13 Å². The molecule has 9 heteroatoms. The summed E-state index contributed by atoms with van der Waals surface area (Å²) in [6.45, 7) is 2.50. The molecule has 0 amide bonds. The van der Waals surface area contributed by atoms with Gasteiger partial charge in [-0.15, -0.1) is 21.5 Å². The van der Waals surface area contributed by atoms with Crippen LogP contribution in [0, 0.1) is 10.5 Å². The van der Waals surface area contributed by atoms with Crippen molar-refractivity contribution < 1.29 is 0 Å². The number of aromatic amines is 1. The molecule has 0 spiro atoms. The molecule has 0 saturated heterocycles. The van der Waals surface area contributed by atoms with Crippen molar-refractivity contribution >= 4 is 39.4 Å². The standard InChI is InChI=1S/C21H18IN7S/c1-12-18(17-9-14(10-23)6-7-29(17)28-12)21-26-16(8-13-2-4-15(22)5-3-13)19(30-21)20-24-11-25-27-20/h2-7,9,11H,8,10,23H2,1H3,(H,24,25,27). The van der Waals surface area contributed by atoms with Gasteiger partial charge in [-0.25, -0.2) is 9.50 Å². The lowest BCUT2D eigenvalue weighted by atomic mass is 10.1. The minimum atomic E-state index is 0.486. The fraction of sp³-hybridized carbons (Fsp3) is 0.143. The quantitative estimate of drug-likeness (QED) is 0.334. The van der Waals surface area contributed by atoms with Crippen molar-refractivity contribution in [2.24, 2.45) is 5.73 Å². The van der Waals surface area contributed by atoms with Gasteiger partial charge in [0.15, 0.2) is 5.82 Å². The van der Waals surface area contributed by atoms with Crippen LogP contribution in [0.3, 0.4) is 0 Å². The van der Waals surface area contributed by atoms with Crippen molar-refractivity contribution in [3.05, 3.63) is 75.0 Å². The van der Waals surface area contributed by atoms with Crippen LogP contribution in [-0.4, -0.2) is 29.8 Å². The molecule has 30 heavy (non-hydrogen) atoms. The Morgan fingerprint density at radius 1 is 1.17 bits per heavy atom. The third-order valence-corrected chi connectivity index (χ3v) is 6.78. The van der Waals surface area contributed by atoms with Crippen LogP contribution >= 0.6 is 33.9 Å². The SMILES string of the molecule is Cc1nn2ccc(CN)cc2c1-c1nc(Cc2ccc(I)cc2)c(-c2nnc[nH]2)s1. The van der Waals surface area contributed by atoms with Crippen molar-refractivity contribution in [1.29, 1.82) is 0 Å². The van der Waals surface area contributed by atoms with Gasteiger partial charge in [-0.1, -0.05) is 12.1 Å². The minimum Gasteiger partial charge on any atom is -0.327 e. The van der Waals surface area contributed by atoms with E-state index in [1.54, 1.807) is 17.7 Å². The number of nitrogens with one attached hydrogen (secondary N) is 1. The summed E-state index contributed by atoms with van der Waals surface area (Å²) in [5.74, 6) is 0.732. The second-order valence-corrected chi connectivity index (χ2v) is 9.21. The lowest BCUT2D eigenvalue weighted by molar-refractivity contribution is 0.924. The molecular formula is C21H18IN7S. The molecule has 0 aliphatic rings. The van der Waals surface area contributed by atoms with Gasteiger partial charge in [0.1, 0.15) is 11.3 Å². The van der Waals surface area contributed by atoms with Gasteiger partial charge in [0, 0.05) is 22.7 Å². The number of rotatable bonds is 5. The molecule has 1 aromatic carbocycles. The Morgan fingerprint density at radius 2 is 2.00 bits per heavy atom. The van der Waals surface area contributed by atoms with E-state index in [1.807, 2.05) is 23.7 Å². The Hall–Kier alpha value is -2.63. The number of nitrogens with two attached hydrogens (primary N) is 1. The fourth-order valence-corrected chi connectivity index (χ4v) is 4.97. The largest absolute Gasteiger partial charge is 0.327 e. The minimum absolute atomic E-state index is 0.486. The van der Waals surface area contributed by atoms with E-state index in [9.17, 15) is 0 Å². The summed E-state index contributed by atoms with van der Waals surface area (Å²) in [4.78, 5) is 9.16. The summed E-state index contributed by atoms with van der Waals surface area (Å²) >= 11 is 3.92. The summed E-state index contributed by atoms with van der Waals surface area (Å²) in [6.07, 6.45) is 4.26. The number of pyridine rings is 1. The highest BCUT2D eigenvalue weighted by Crippen LogP contribution is 2.38. The third-order valence-electron chi connectivity index (χ3n) is 4.94. The van der Waals surface area contributed by atoms with Crippen LogP contribution in [0.4, 0.5) is 0 Å². The molecule has 4 heterocycles. The van der Waals surface area contributed by atoms with E-state index >= 15 is 0 Å². The van der Waals surface area contributed by atoms with E-state index in [-0.39, 0.29) is 0 Å². The Balaban J connectivity index is 1.66. The molecule has 5 aromatic rings. The molecule has 7 nitrogen and oxygen atoms in total. The van der Waals surface area contributed by atoms with Crippen LogP contribution in [0.25, 0.3) is 26.8 Å². The summed E-state index contributed by atoms with van der Waals surface area (Å²) in [6, 6.07) is 12.6. The molecular weight excluding hydrogens is 509 g/mol. The highest BCUT2D eigenvalue weighted by atomic mass is 127. The molecule has 150 valence electrons. The van der Waals surface area contributed by atoms with Gasteiger partial charge in [0.05, 0.1) is 27.3 Å². The molecule has 0 aliphatic carbocycles. The molecule has 0 atom stereocenters. The third kappa shape index (κ3) is 3.53. The molecule has 4 aromatic heterocycles. The smallest absolute Gasteiger partial charge is 0.173 e. The van der Waals surface area contributed by atoms with Gasteiger partial charge < -0.3 is 10.7 Å². The van der Waals surface area contributed by atoms with Crippen LogP contribution in [0.5, 0.6) is 0 Å². The molecule has 5 rings (SSSR count). The van der Waals surface area contributed by atoms with Gasteiger partial charge >= 0.3 is 0 Å². The number of aryl methyl sites for hydroxylation is 1. The van der Waals surface area contributed by atoms with Crippen molar-refractivity contribution in [1.82, 2.24) is 29.8 Å². The van der Waals surface area contributed by atoms with Gasteiger partial charge in [0.2, 0.25) is 0 Å². The van der Waals surface area contributed by atoms with Crippen molar-refractivity contribution in [2.45, 2.75) is 19.9 Å². The van der Waals surface area contributed by atoms with Crippen molar-refractivity contribution in [3.63, 3.8) is 0 Å². The molecule has 0 fully saturated rings. The second-order valence-electron chi connectivity index (χ2n) is 6.96. The van der Waals surface area contributed by atoms with E-state index in [0.717, 1.165) is 50.2 Å². The fourth-order valence-electron chi connectivity index (χ4n) is 3.47. The molecule has 0 aliphatic heterocycles. The molecule has 0 unspecified atom stereocenters. The first-order valence-electron chi connectivity index (χ1n) is 9.41. The Morgan fingerprint density at radius 3 is 2.73 bits per heavy atom. The zero-order valence-corrected chi connectivity index (χ0v) is 19.1. The molecule has 0 saturated carbocycles. The zero-order chi connectivity index (χ0) is 20.7. The Bertz CT molecular complexity index is 1320. The second kappa shape index (κ2) is 7.89. The number of benzene rings is 1. The van der Waals surface area contributed by atoms with Crippen LogP contribution in [0.15, 0.2) is 48.9 Å². The number of hydrogen-bond acceptors (Lipinski definition) is 6. The summed E-state index contributed by atoms with van der Waals surface area (Å²) in [5.41, 5.74) is 12.1. The Labute approximate surface area is 190 Å². The van der Waals surface area contributed by atoms with Crippen molar-refractivity contribution in [2.75, 3.05) is 0 Å². The normalized spacial score (nSPS) is 11.4. The predicted molar refractivity (Wildman–Crippen MR) is 126 cm³/mol. The van der Waals surface area contributed by atoms with Crippen LogP contribution in [-0.2, 0) is 13.0 Å². The summed E-state index contributed by atoms with van der Waals surface area (Å²) in [5, 5.41) is 13.8. The van der Waals surface area contributed by atoms with Gasteiger partial charge in [-0.05, 0) is 64.9 Å². The number of halogens is 1. The molecule has 0 radical (unpaired) electrons. The monoisotopic (exact) mass is 527 g/mol. The first-order valence-corrected chi connectivity index (χ1v) is 11.3. The van der Waals surface area contributed by atoms with E-state index < -0.39 is 0 Å². The van der Waals surface area contributed by atoms with E-state index in [4.69, 9.17) is 10.7 Å². The van der Waals surface area contributed by atoms with Gasteiger partial charge in [0.25, 0.3) is 0 Å². The first-order chi connectivity index (χ1) is 14.6. The topological polar surface area (TPSA) is 97.8 Å². The van der Waals surface area contributed by atoms with Gasteiger partial charge in [-0.3, -0.25) is 0 Å². The maximum atomic E-state index is 5.86. The number of hydrogen-bond donors (Lipinski definition) is 2. The predicted octanol–water partition coefficient (Wildman–Crippen LogP) is 4.21. The zero-order valence-electron chi connectivity index (χ0n) is 16.1. The number of fused-ring (bicyclic) bond motifs is 1.